The first-order valence-electron chi connectivity index (χ1n) is 8.80. The van der Waals surface area contributed by atoms with Gasteiger partial charge in [0.25, 0.3) is 5.91 Å². The molecule has 0 saturated heterocycles. The number of nitrogens with zero attached hydrogens (tertiary/aromatic N) is 1. The lowest BCUT2D eigenvalue weighted by atomic mass is 10.1. The third-order valence-corrected chi connectivity index (χ3v) is 4.28. The third kappa shape index (κ3) is 4.07. The molecule has 1 aliphatic heterocycles. The van der Waals surface area contributed by atoms with Crippen LogP contribution in [0.5, 0.6) is 11.5 Å². The molecular formula is C21H14F3N3O3. The van der Waals surface area contributed by atoms with Crippen LogP contribution in [0.3, 0.4) is 0 Å². The van der Waals surface area contributed by atoms with Gasteiger partial charge in [-0.1, -0.05) is 24.0 Å². The van der Waals surface area contributed by atoms with Gasteiger partial charge in [-0.3, -0.25) is 9.89 Å². The van der Waals surface area contributed by atoms with Crippen molar-refractivity contribution in [3.63, 3.8) is 0 Å². The number of hydrogen-bond acceptors (Lipinski definition) is 4. The molecule has 0 aliphatic carbocycles. The highest BCUT2D eigenvalue weighted by atomic mass is 19.4. The Morgan fingerprint density at radius 2 is 1.93 bits per heavy atom. The van der Waals surface area contributed by atoms with Crippen molar-refractivity contribution in [2.45, 2.75) is 6.18 Å². The Morgan fingerprint density at radius 1 is 1.13 bits per heavy atom. The van der Waals surface area contributed by atoms with Crippen molar-refractivity contribution >= 4 is 5.91 Å². The molecule has 1 aliphatic rings. The fraction of sp³-hybridized carbons (Fsp3) is 0.143. The summed E-state index contributed by atoms with van der Waals surface area (Å²) in [6, 6.07) is 11.9. The van der Waals surface area contributed by atoms with E-state index < -0.39 is 17.6 Å². The molecule has 3 aromatic rings. The number of rotatable bonds is 3. The van der Waals surface area contributed by atoms with Crippen LogP contribution in [0.2, 0.25) is 0 Å². The molecule has 0 radical (unpaired) electrons. The molecule has 0 atom stereocenters. The van der Waals surface area contributed by atoms with Gasteiger partial charge in [-0.15, -0.1) is 0 Å². The van der Waals surface area contributed by atoms with E-state index in [-0.39, 0.29) is 24.6 Å². The van der Waals surface area contributed by atoms with Crippen LogP contribution in [-0.2, 0) is 6.18 Å². The van der Waals surface area contributed by atoms with Gasteiger partial charge in [0.15, 0.2) is 11.5 Å². The van der Waals surface area contributed by atoms with Gasteiger partial charge in [-0.25, -0.2) is 0 Å². The summed E-state index contributed by atoms with van der Waals surface area (Å²) in [5.41, 5.74) is 0.499. The lowest BCUT2D eigenvalue weighted by Crippen LogP contribution is -2.23. The fourth-order valence-corrected chi connectivity index (χ4v) is 2.84. The zero-order valence-corrected chi connectivity index (χ0v) is 15.3. The number of carbonyl (C=O) groups is 1. The Balaban J connectivity index is 1.40. The smallest absolute Gasteiger partial charge is 0.417 e. The van der Waals surface area contributed by atoms with Crippen LogP contribution in [0.1, 0.15) is 21.6 Å². The molecule has 6 nitrogen and oxygen atoms in total. The summed E-state index contributed by atoms with van der Waals surface area (Å²) in [6.07, 6.45) is -4.49. The number of ether oxygens (including phenoxy) is 2. The van der Waals surface area contributed by atoms with E-state index in [1.165, 1.54) is 18.2 Å². The van der Waals surface area contributed by atoms with Gasteiger partial charge < -0.3 is 14.8 Å². The summed E-state index contributed by atoms with van der Waals surface area (Å²) in [6.45, 7) is 0.0326. The van der Waals surface area contributed by atoms with Gasteiger partial charge in [0.2, 0.25) is 6.79 Å². The van der Waals surface area contributed by atoms with Crippen molar-refractivity contribution in [2.75, 3.05) is 13.3 Å². The maximum absolute atomic E-state index is 13.0. The summed E-state index contributed by atoms with van der Waals surface area (Å²) in [5, 5.41) is 9.26. The number of benzene rings is 2. The average molecular weight is 413 g/mol. The summed E-state index contributed by atoms with van der Waals surface area (Å²) in [7, 11) is 0. The molecule has 2 N–H and O–H groups in total. The maximum atomic E-state index is 13.0. The number of carbonyl (C=O) groups excluding carboxylic acids is 1. The van der Waals surface area contributed by atoms with Crippen LogP contribution >= 0.6 is 0 Å². The molecule has 0 spiro atoms. The van der Waals surface area contributed by atoms with Gasteiger partial charge in [-0.2, -0.15) is 18.3 Å². The van der Waals surface area contributed by atoms with E-state index >= 15 is 0 Å². The summed E-state index contributed by atoms with van der Waals surface area (Å²) >= 11 is 0. The van der Waals surface area contributed by atoms with E-state index in [0.717, 1.165) is 11.6 Å². The number of nitrogens with one attached hydrogen (secondary N) is 2. The quantitative estimate of drug-likeness (QED) is 0.644. The average Bonchev–Trinajstić information content (AvgIpc) is 3.39. The van der Waals surface area contributed by atoms with Crippen LogP contribution in [0.15, 0.2) is 48.5 Å². The van der Waals surface area contributed by atoms with E-state index in [2.05, 4.69) is 27.4 Å². The normalized spacial score (nSPS) is 12.2. The number of fused-ring (bicyclic) bond motifs is 1. The van der Waals surface area contributed by atoms with Crippen molar-refractivity contribution in [3.05, 3.63) is 65.4 Å². The largest absolute Gasteiger partial charge is 0.454 e. The zero-order chi connectivity index (χ0) is 21.1. The van der Waals surface area contributed by atoms with Gasteiger partial charge in [-0.05, 0) is 36.4 Å². The Morgan fingerprint density at radius 3 is 2.77 bits per heavy atom. The van der Waals surface area contributed by atoms with Gasteiger partial charge >= 0.3 is 6.18 Å². The van der Waals surface area contributed by atoms with Crippen molar-refractivity contribution in [1.29, 1.82) is 0 Å². The molecule has 4 rings (SSSR count). The van der Waals surface area contributed by atoms with E-state index in [9.17, 15) is 18.0 Å². The first-order valence-corrected chi connectivity index (χ1v) is 8.80. The number of halogens is 3. The van der Waals surface area contributed by atoms with Gasteiger partial charge in [0.1, 0.15) is 5.69 Å². The van der Waals surface area contributed by atoms with E-state index in [1.54, 1.807) is 24.3 Å². The van der Waals surface area contributed by atoms with Crippen LogP contribution in [-0.4, -0.2) is 29.4 Å². The lowest BCUT2D eigenvalue weighted by Gasteiger charge is -2.08. The predicted octanol–water partition coefficient (Wildman–Crippen LogP) is 3.61. The Hall–Kier alpha value is -3.93. The monoisotopic (exact) mass is 413 g/mol. The highest BCUT2D eigenvalue weighted by molar-refractivity contribution is 5.93. The minimum absolute atomic E-state index is 0.122. The van der Waals surface area contributed by atoms with E-state index in [1.807, 2.05) is 0 Å². The third-order valence-electron chi connectivity index (χ3n) is 4.28. The molecule has 1 amide bonds. The molecule has 2 heterocycles. The molecule has 2 aromatic carbocycles. The highest BCUT2D eigenvalue weighted by Gasteiger charge is 2.32. The Bertz CT molecular complexity index is 1160. The maximum Gasteiger partial charge on any atom is 0.417 e. The first-order chi connectivity index (χ1) is 14.4. The number of hydrogen-bond donors (Lipinski definition) is 2. The second kappa shape index (κ2) is 7.83. The van der Waals surface area contributed by atoms with Gasteiger partial charge in [0.05, 0.1) is 17.8 Å². The second-order valence-electron chi connectivity index (χ2n) is 6.26. The number of aromatic amines is 1. The van der Waals surface area contributed by atoms with Crippen LogP contribution in [0.25, 0.3) is 11.3 Å². The van der Waals surface area contributed by atoms with Crippen molar-refractivity contribution in [3.8, 4) is 34.6 Å². The number of alkyl halides is 3. The summed E-state index contributed by atoms with van der Waals surface area (Å²) < 4.78 is 49.5. The molecular weight excluding hydrogens is 399 g/mol. The number of H-pyrrole nitrogens is 1. The highest BCUT2D eigenvalue weighted by Crippen LogP contribution is 2.35. The van der Waals surface area contributed by atoms with Crippen LogP contribution in [0, 0.1) is 11.8 Å². The minimum atomic E-state index is -4.49. The first kappa shape index (κ1) is 19.4. The summed E-state index contributed by atoms with van der Waals surface area (Å²) in [4.78, 5) is 12.2. The van der Waals surface area contributed by atoms with Crippen molar-refractivity contribution in [1.82, 2.24) is 15.5 Å². The molecule has 0 fully saturated rings. The number of aromatic nitrogens is 2. The zero-order valence-electron chi connectivity index (χ0n) is 15.3. The topological polar surface area (TPSA) is 76.2 Å². The number of amides is 1. The van der Waals surface area contributed by atoms with Gasteiger partial charge in [0, 0.05) is 11.1 Å². The van der Waals surface area contributed by atoms with E-state index in [4.69, 9.17) is 9.47 Å². The second-order valence-corrected chi connectivity index (χ2v) is 6.26. The molecule has 0 bridgehead atoms. The predicted molar refractivity (Wildman–Crippen MR) is 101 cm³/mol. The summed E-state index contributed by atoms with van der Waals surface area (Å²) in [5.74, 6) is 5.73. The van der Waals surface area contributed by atoms with Crippen LogP contribution < -0.4 is 14.8 Å². The molecule has 152 valence electrons. The molecule has 0 saturated carbocycles. The van der Waals surface area contributed by atoms with E-state index in [0.29, 0.717) is 17.2 Å². The Kier molecular flexibility index (Phi) is 5.06. The molecule has 0 unspecified atom stereocenters. The van der Waals surface area contributed by atoms with Crippen LogP contribution in [0.4, 0.5) is 13.2 Å². The Labute approximate surface area is 169 Å². The standard InChI is InChI=1S/C21H14F3N3O3/c22-21(23,24)15-6-2-1-4-13(15)5-3-9-25-20(28)17-11-16(26-27-17)14-7-8-18-19(10-14)30-12-29-18/h1-2,4,6-8,10-11H,9,12H2,(H,25,28)(H,26,27). The molecule has 1 aromatic heterocycles. The SMILES string of the molecule is O=C(NCC#Cc1ccccc1C(F)(F)F)c1cc(-c2ccc3c(c2)OCO3)n[nH]1. The van der Waals surface area contributed by atoms with Crippen molar-refractivity contribution < 1.29 is 27.4 Å². The fourth-order valence-electron chi connectivity index (χ4n) is 2.84. The van der Waals surface area contributed by atoms with Crippen molar-refractivity contribution in [2.24, 2.45) is 0 Å². The molecule has 9 heteroatoms. The lowest BCUT2D eigenvalue weighted by molar-refractivity contribution is -0.137. The molecule has 30 heavy (non-hydrogen) atoms. The minimum Gasteiger partial charge on any atom is -0.454 e.